The van der Waals surface area contributed by atoms with E-state index in [1.165, 1.54) is 37.8 Å². The van der Waals surface area contributed by atoms with Gasteiger partial charge in [-0.2, -0.15) is 0 Å². The standard InChI is InChI=1S/C21H25N3O/c22-24-20(25)11-14-10-19(23-18-4-2-1-3-17(14)18)21-15-6-12-5-13(8-15)9-16(21)7-12/h1-4,10,12-13,15-16,21H,5-9,11,22H2,(H,24,25). The van der Waals surface area contributed by atoms with Gasteiger partial charge in [0.1, 0.15) is 0 Å². The van der Waals surface area contributed by atoms with Crippen molar-refractivity contribution in [2.45, 2.75) is 44.4 Å². The third-order valence-electron chi connectivity index (χ3n) is 6.90. The number of pyridine rings is 1. The number of hydrazine groups is 1. The van der Waals surface area contributed by atoms with E-state index in [4.69, 9.17) is 10.8 Å². The molecule has 4 aliphatic carbocycles. The lowest BCUT2D eigenvalue weighted by Crippen LogP contribution is -2.44. The van der Waals surface area contributed by atoms with Crippen molar-refractivity contribution in [3.05, 3.63) is 41.6 Å². The number of para-hydroxylation sites is 1. The zero-order chi connectivity index (χ0) is 17.0. The molecular weight excluding hydrogens is 310 g/mol. The van der Waals surface area contributed by atoms with Gasteiger partial charge in [0, 0.05) is 17.0 Å². The summed E-state index contributed by atoms with van der Waals surface area (Å²) < 4.78 is 0. The van der Waals surface area contributed by atoms with Gasteiger partial charge in [0.05, 0.1) is 11.9 Å². The van der Waals surface area contributed by atoms with E-state index >= 15 is 0 Å². The van der Waals surface area contributed by atoms with E-state index in [-0.39, 0.29) is 5.91 Å². The van der Waals surface area contributed by atoms with Crippen molar-refractivity contribution in [2.24, 2.45) is 29.5 Å². The highest BCUT2D eigenvalue weighted by Crippen LogP contribution is 2.59. The molecule has 1 amide bonds. The third kappa shape index (κ3) is 2.54. The van der Waals surface area contributed by atoms with Gasteiger partial charge in [0.2, 0.25) is 5.91 Å². The molecular formula is C21H25N3O. The van der Waals surface area contributed by atoms with E-state index in [0.717, 1.165) is 40.1 Å². The first-order valence-electron chi connectivity index (χ1n) is 9.59. The van der Waals surface area contributed by atoms with Crippen molar-refractivity contribution < 1.29 is 4.79 Å². The van der Waals surface area contributed by atoms with E-state index in [9.17, 15) is 4.79 Å². The smallest absolute Gasteiger partial charge is 0.238 e. The van der Waals surface area contributed by atoms with Crippen LogP contribution < -0.4 is 11.3 Å². The molecule has 0 saturated heterocycles. The van der Waals surface area contributed by atoms with Gasteiger partial charge in [-0.05, 0) is 73.5 Å². The summed E-state index contributed by atoms with van der Waals surface area (Å²) in [6.07, 6.45) is 7.30. The van der Waals surface area contributed by atoms with Gasteiger partial charge in [-0.1, -0.05) is 18.2 Å². The molecule has 0 radical (unpaired) electrons. The minimum absolute atomic E-state index is 0.146. The predicted octanol–water partition coefficient (Wildman–Crippen LogP) is 3.31. The average Bonchev–Trinajstić information content (AvgIpc) is 2.60. The first kappa shape index (κ1) is 15.3. The Morgan fingerprint density at radius 3 is 2.44 bits per heavy atom. The summed E-state index contributed by atoms with van der Waals surface area (Å²) in [5, 5.41) is 1.07. The summed E-state index contributed by atoms with van der Waals surface area (Å²) in [4.78, 5) is 17.0. The van der Waals surface area contributed by atoms with E-state index in [2.05, 4.69) is 23.6 Å². The van der Waals surface area contributed by atoms with Crippen LogP contribution in [-0.4, -0.2) is 10.9 Å². The number of carbonyl (C=O) groups is 1. The van der Waals surface area contributed by atoms with Crippen molar-refractivity contribution in [1.29, 1.82) is 0 Å². The predicted molar refractivity (Wildman–Crippen MR) is 97.6 cm³/mol. The van der Waals surface area contributed by atoms with Crippen LogP contribution in [0.1, 0.15) is 49.3 Å². The van der Waals surface area contributed by atoms with Gasteiger partial charge < -0.3 is 0 Å². The topological polar surface area (TPSA) is 68.0 Å². The van der Waals surface area contributed by atoms with E-state index in [0.29, 0.717) is 12.3 Å². The van der Waals surface area contributed by atoms with Crippen LogP contribution in [0.3, 0.4) is 0 Å². The number of rotatable bonds is 3. The monoisotopic (exact) mass is 335 g/mol. The second-order valence-electron chi connectivity index (χ2n) is 8.42. The Balaban J connectivity index is 1.58. The molecule has 0 atom stereocenters. The number of amides is 1. The van der Waals surface area contributed by atoms with Crippen LogP contribution in [0.15, 0.2) is 30.3 Å². The number of benzene rings is 1. The Bertz CT molecular complexity index is 803. The minimum Gasteiger partial charge on any atom is -0.294 e. The molecule has 1 aromatic carbocycles. The second-order valence-corrected chi connectivity index (χ2v) is 8.42. The number of fused-ring (bicyclic) bond motifs is 1. The molecule has 130 valence electrons. The van der Waals surface area contributed by atoms with Crippen molar-refractivity contribution >= 4 is 16.8 Å². The summed E-state index contributed by atoms with van der Waals surface area (Å²) in [5.74, 6) is 9.26. The molecule has 25 heavy (non-hydrogen) atoms. The highest BCUT2D eigenvalue weighted by Gasteiger charge is 2.49. The van der Waals surface area contributed by atoms with E-state index < -0.39 is 0 Å². The summed E-state index contributed by atoms with van der Waals surface area (Å²) in [6, 6.07) is 10.4. The van der Waals surface area contributed by atoms with Crippen molar-refractivity contribution in [3.63, 3.8) is 0 Å². The van der Waals surface area contributed by atoms with Gasteiger partial charge in [0.25, 0.3) is 0 Å². The SMILES string of the molecule is NNC(=O)Cc1cc(C2C3CC4CC(C3)CC2C4)nc2ccccc12. The molecule has 4 aliphatic rings. The fourth-order valence-electron chi connectivity index (χ4n) is 6.22. The fourth-order valence-corrected chi connectivity index (χ4v) is 6.22. The normalized spacial score (nSPS) is 32.9. The fraction of sp³-hybridized carbons (Fsp3) is 0.524. The zero-order valence-corrected chi connectivity index (χ0v) is 14.4. The Morgan fingerprint density at radius 2 is 1.76 bits per heavy atom. The van der Waals surface area contributed by atoms with Crippen LogP contribution in [0, 0.1) is 23.7 Å². The number of nitrogens with two attached hydrogens (primary N) is 1. The molecule has 2 aromatic rings. The van der Waals surface area contributed by atoms with Crippen LogP contribution in [0.5, 0.6) is 0 Å². The molecule has 3 N–H and O–H groups in total. The molecule has 0 unspecified atom stereocenters. The molecule has 1 aromatic heterocycles. The van der Waals surface area contributed by atoms with Crippen molar-refractivity contribution in [2.75, 3.05) is 0 Å². The molecule has 4 saturated carbocycles. The lowest BCUT2D eigenvalue weighted by molar-refractivity contribution is -0.120. The summed E-state index contributed by atoms with van der Waals surface area (Å²) in [6.45, 7) is 0. The maximum absolute atomic E-state index is 11.9. The van der Waals surface area contributed by atoms with Gasteiger partial charge in [-0.25, -0.2) is 5.84 Å². The highest BCUT2D eigenvalue weighted by molar-refractivity contribution is 5.88. The molecule has 6 rings (SSSR count). The Hall–Kier alpha value is -1.94. The van der Waals surface area contributed by atoms with Crippen molar-refractivity contribution in [3.8, 4) is 0 Å². The van der Waals surface area contributed by atoms with E-state index in [1.807, 2.05) is 12.1 Å². The minimum atomic E-state index is -0.146. The van der Waals surface area contributed by atoms with Crippen LogP contribution in [-0.2, 0) is 11.2 Å². The zero-order valence-electron chi connectivity index (χ0n) is 14.4. The highest BCUT2D eigenvalue weighted by atomic mass is 16.2. The number of nitrogens with zero attached hydrogens (tertiary/aromatic N) is 1. The summed E-state index contributed by atoms with van der Waals surface area (Å²) >= 11 is 0. The van der Waals surface area contributed by atoms with Gasteiger partial charge >= 0.3 is 0 Å². The summed E-state index contributed by atoms with van der Waals surface area (Å²) in [7, 11) is 0. The third-order valence-corrected chi connectivity index (χ3v) is 6.90. The molecule has 4 fully saturated rings. The Kier molecular flexibility index (Phi) is 3.56. The largest absolute Gasteiger partial charge is 0.294 e. The van der Waals surface area contributed by atoms with Gasteiger partial charge in [-0.15, -0.1) is 0 Å². The quantitative estimate of drug-likeness (QED) is 0.514. The number of carbonyl (C=O) groups excluding carboxylic acids is 1. The Morgan fingerprint density at radius 1 is 1.08 bits per heavy atom. The van der Waals surface area contributed by atoms with Crippen LogP contribution >= 0.6 is 0 Å². The molecule has 0 aliphatic heterocycles. The number of hydrogen-bond donors (Lipinski definition) is 2. The van der Waals surface area contributed by atoms with Crippen LogP contribution in [0.4, 0.5) is 0 Å². The molecule has 4 heteroatoms. The van der Waals surface area contributed by atoms with Crippen LogP contribution in [0.2, 0.25) is 0 Å². The van der Waals surface area contributed by atoms with Crippen molar-refractivity contribution in [1.82, 2.24) is 10.4 Å². The number of aromatic nitrogens is 1. The molecule has 0 spiro atoms. The first-order valence-corrected chi connectivity index (χ1v) is 9.59. The Labute approximate surface area is 148 Å². The average molecular weight is 335 g/mol. The second kappa shape index (κ2) is 5.80. The van der Waals surface area contributed by atoms with Gasteiger partial charge in [-0.3, -0.25) is 15.2 Å². The maximum Gasteiger partial charge on any atom is 0.238 e. The van der Waals surface area contributed by atoms with E-state index in [1.54, 1.807) is 0 Å². The lowest BCUT2D eigenvalue weighted by atomic mass is 9.51. The summed E-state index contributed by atoms with van der Waals surface area (Å²) in [5.41, 5.74) is 5.55. The van der Waals surface area contributed by atoms with Crippen LogP contribution in [0.25, 0.3) is 10.9 Å². The first-order chi connectivity index (χ1) is 12.2. The molecule has 1 heterocycles. The maximum atomic E-state index is 11.9. The molecule has 4 bridgehead atoms. The molecule has 4 nitrogen and oxygen atoms in total. The number of hydrogen-bond acceptors (Lipinski definition) is 3. The van der Waals surface area contributed by atoms with Gasteiger partial charge in [0.15, 0.2) is 0 Å². The number of nitrogens with one attached hydrogen (secondary N) is 1. The lowest BCUT2D eigenvalue weighted by Gasteiger charge is -2.54.